The number of carbonyl (C=O) groups excluding carboxylic acids is 1. The Morgan fingerprint density at radius 3 is 2.49 bits per heavy atom. The summed E-state index contributed by atoms with van der Waals surface area (Å²) in [5.74, 6) is 0.327. The van der Waals surface area contributed by atoms with Crippen molar-refractivity contribution in [3.8, 4) is 0 Å². The fourth-order valence-corrected chi connectivity index (χ4v) is 5.86. The molecule has 1 amide bonds. The number of anilines is 2. The van der Waals surface area contributed by atoms with Crippen LogP contribution in [0.1, 0.15) is 26.9 Å². The lowest BCUT2D eigenvalue weighted by Gasteiger charge is -2.37. The van der Waals surface area contributed by atoms with Gasteiger partial charge in [-0.2, -0.15) is 0 Å². The average Bonchev–Trinajstić information content (AvgIpc) is 3.37. The van der Waals surface area contributed by atoms with E-state index in [4.69, 9.17) is 0 Å². The zero-order valence-corrected chi connectivity index (χ0v) is 21.7. The Balaban J connectivity index is 0.00000336. The van der Waals surface area contributed by atoms with Crippen LogP contribution in [0.5, 0.6) is 0 Å². The van der Waals surface area contributed by atoms with Gasteiger partial charge in [0.1, 0.15) is 18.2 Å². The second-order valence-corrected chi connectivity index (χ2v) is 10.8. The molecule has 4 aromatic rings. The first-order valence-corrected chi connectivity index (χ1v) is 13.9. The number of rotatable bonds is 7. The van der Waals surface area contributed by atoms with Gasteiger partial charge in [0.15, 0.2) is 0 Å². The standard InChI is InChI=1S/C27H30N6O3S.H2/c1-3-21-5-4-6-22-12-14-33(26(21)22)20(2)27(34)32-17-15-31(16-18-32)23-7-9-24(10-8-23)37(35,36)30-25-11-13-28-19-29-25;/h4-14,19-20H,3,15-18H2,1-2H3,(H,28,29,30);1H. The molecule has 0 saturated carbocycles. The average molecular weight is 521 g/mol. The molecular formula is C27H32N6O3S. The van der Waals surface area contributed by atoms with Crippen LogP contribution >= 0.6 is 0 Å². The Hall–Kier alpha value is -3.92. The van der Waals surface area contributed by atoms with Gasteiger partial charge in [-0.1, -0.05) is 25.1 Å². The van der Waals surface area contributed by atoms with Crippen molar-refractivity contribution >= 4 is 38.3 Å². The minimum Gasteiger partial charge on any atom is -0.368 e. The number of benzene rings is 2. The summed E-state index contributed by atoms with van der Waals surface area (Å²) in [7, 11) is -3.75. The molecule has 1 atom stereocenters. The highest BCUT2D eigenvalue weighted by Gasteiger charge is 2.27. The Morgan fingerprint density at radius 2 is 1.81 bits per heavy atom. The topological polar surface area (TPSA) is 100 Å². The lowest BCUT2D eigenvalue weighted by Crippen LogP contribution is -2.50. The van der Waals surface area contributed by atoms with E-state index in [0.717, 1.165) is 23.0 Å². The van der Waals surface area contributed by atoms with E-state index in [2.05, 4.69) is 55.3 Å². The lowest BCUT2D eigenvalue weighted by molar-refractivity contribution is -0.134. The Labute approximate surface area is 218 Å². The first-order valence-electron chi connectivity index (χ1n) is 12.4. The van der Waals surface area contributed by atoms with Crippen molar-refractivity contribution in [2.24, 2.45) is 0 Å². The maximum Gasteiger partial charge on any atom is 0.263 e. The molecular weight excluding hydrogens is 488 g/mol. The van der Waals surface area contributed by atoms with E-state index in [0.29, 0.717) is 26.2 Å². The van der Waals surface area contributed by atoms with Gasteiger partial charge in [-0.25, -0.2) is 18.4 Å². The molecule has 0 aliphatic carbocycles. The normalized spacial score (nSPS) is 15.1. The number of piperazine rings is 1. The van der Waals surface area contributed by atoms with Crippen molar-refractivity contribution in [3.63, 3.8) is 0 Å². The van der Waals surface area contributed by atoms with Crippen LogP contribution in [0.25, 0.3) is 10.9 Å². The summed E-state index contributed by atoms with van der Waals surface area (Å²) < 4.78 is 29.9. The minimum atomic E-state index is -3.75. The van der Waals surface area contributed by atoms with Crippen molar-refractivity contribution in [1.29, 1.82) is 0 Å². The smallest absolute Gasteiger partial charge is 0.263 e. The van der Waals surface area contributed by atoms with Crippen molar-refractivity contribution < 1.29 is 14.6 Å². The summed E-state index contributed by atoms with van der Waals surface area (Å²) in [6, 6.07) is 16.3. The quantitative estimate of drug-likeness (QED) is 0.396. The molecule has 1 N–H and O–H groups in total. The summed E-state index contributed by atoms with van der Waals surface area (Å²) in [4.78, 5) is 25.3. The zero-order valence-electron chi connectivity index (χ0n) is 20.9. The molecule has 1 unspecified atom stereocenters. The fourth-order valence-electron chi connectivity index (χ4n) is 4.86. The Bertz CT molecular complexity index is 1500. The molecule has 5 rings (SSSR count). The number of aromatic nitrogens is 3. The van der Waals surface area contributed by atoms with E-state index in [1.54, 1.807) is 24.3 Å². The summed E-state index contributed by atoms with van der Waals surface area (Å²) >= 11 is 0. The Kier molecular flexibility index (Phi) is 6.84. The van der Waals surface area contributed by atoms with Crippen LogP contribution in [-0.4, -0.2) is 59.9 Å². The zero-order chi connectivity index (χ0) is 26.0. The number of sulfonamides is 1. The van der Waals surface area contributed by atoms with Gasteiger partial charge in [-0.05, 0) is 60.7 Å². The molecule has 1 aliphatic rings. The third-order valence-electron chi connectivity index (χ3n) is 6.90. The molecule has 194 valence electrons. The van der Waals surface area contributed by atoms with Gasteiger partial charge in [0.2, 0.25) is 5.91 Å². The summed E-state index contributed by atoms with van der Waals surface area (Å²) in [6.07, 6.45) is 5.69. The molecule has 0 bridgehead atoms. The first-order chi connectivity index (χ1) is 17.9. The third-order valence-corrected chi connectivity index (χ3v) is 8.27. The van der Waals surface area contributed by atoms with Gasteiger partial charge in [0.25, 0.3) is 10.0 Å². The number of aryl methyl sites for hydroxylation is 1. The van der Waals surface area contributed by atoms with Gasteiger partial charge >= 0.3 is 0 Å². The number of carbonyl (C=O) groups is 1. The number of hydrogen-bond donors (Lipinski definition) is 1. The number of para-hydroxylation sites is 1. The fraction of sp³-hybridized carbons (Fsp3) is 0.296. The van der Waals surface area contributed by atoms with Crippen LogP contribution in [0.4, 0.5) is 11.5 Å². The van der Waals surface area contributed by atoms with Crippen LogP contribution in [-0.2, 0) is 21.2 Å². The third kappa shape index (κ3) is 5.01. The molecule has 0 spiro atoms. The number of nitrogens with one attached hydrogen (secondary N) is 1. The summed E-state index contributed by atoms with van der Waals surface area (Å²) in [6.45, 7) is 6.67. The van der Waals surface area contributed by atoms with E-state index in [1.165, 1.54) is 24.2 Å². The largest absolute Gasteiger partial charge is 0.368 e. The van der Waals surface area contributed by atoms with Crippen LogP contribution in [0, 0.1) is 0 Å². The minimum absolute atomic E-state index is 0. The summed E-state index contributed by atoms with van der Waals surface area (Å²) in [5.41, 5.74) is 3.29. The predicted octanol–water partition coefficient (Wildman–Crippen LogP) is 3.95. The molecule has 0 radical (unpaired) electrons. The van der Waals surface area contributed by atoms with E-state index in [9.17, 15) is 13.2 Å². The maximum atomic E-state index is 13.4. The number of nitrogens with zero attached hydrogens (tertiary/aromatic N) is 5. The van der Waals surface area contributed by atoms with Gasteiger partial charge in [0, 0.05) is 45.7 Å². The van der Waals surface area contributed by atoms with Gasteiger partial charge in [0.05, 0.1) is 10.4 Å². The van der Waals surface area contributed by atoms with Crippen molar-refractivity contribution in [1.82, 2.24) is 19.4 Å². The second-order valence-electron chi connectivity index (χ2n) is 9.11. The van der Waals surface area contributed by atoms with Crippen LogP contribution in [0.3, 0.4) is 0 Å². The molecule has 1 saturated heterocycles. The van der Waals surface area contributed by atoms with Crippen LogP contribution in [0.15, 0.2) is 78.2 Å². The molecule has 37 heavy (non-hydrogen) atoms. The number of hydrogen-bond acceptors (Lipinski definition) is 6. The predicted molar refractivity (Wildman–Crippen MR) is 146 cm³/mol. The highest BCUT2D eigenvalue weighted by atomic mass is 32.2. The molecule has 2 aromatic carbocycles. The van der Waals surface area contributed by atoms with Gasteiger partial charge in [-0.3, -0.25) is 9.52 Å². The van der Waals surface area contributed by atoms with E-state index >= 15 is 0 Å². The second kappa shape index (κ2) is 10.2. The van der Waals surface area contributed by atoms with Gasteiger partial charge < -0.3 is 14.4 Å². The maximum absolute atomic E-state index is 13.4. The number of fused-ring (bicyclic) bond motifs is 1. The molecule has 1 fully saturated rings. The van der Waals surface area contributed by atoms with Crippen molar-refractivity contribution in [2.45, 2.75) is 31.2 Å². The molecule has 3 heterocycles. The lowest BCUT2D eigenvalue weighted by atomic mass is 10.1. The van der Waals surface area contributed by atoms with Gasteiger partial charge in [-0.15, -0.1) is 0 Å². The highest BCUT2D eigenvalue weighted by molar-refractivity contribution is 7.92. The molecule has 2 aromatic heterocycles. The van der Waals surface area contributed by atoms with Crippen molar-refractivity contribution in [2.75, 3.05) is 35.8 Å². The van der Waals surface area contributed by atoms with E-state index in [1.807, 2.05) is 18.0 Å². The Morgan fingerprint density at radius 1 is 1.05 bits per heavy atom. The van der Waals surface area contributed by atoms with Crippen LogP contribution < -0.4 is 9.62 Å². The van der Waals surface area contributed by atoms with Crippen molar-refractivity contribution in [3.05, 3.63) is 78.9 Å². The highest BCUT2D eigenvalue weighted by Crippen LogP contribution is 2.26. The molecule has 1 aliphatic heterocycles. The monoisotopic (exact) mass is 520 g/mol. The van der Waals surface area contributed by atoms with E-state index in [-0.39, 0.29) is 24.1 Å². The first kappa shape index (κ1) is 24.8. The molecule has 10 heteroatoms. The SMILES string of the molecule is CCc1cccc2ccn(C(C)C(=O)N3CCN(c4ccc(S(=O)(=O)Nc5ccncn5)cc4)CC3)c12.[HH]. The van der Waals surface area contributed by atoms with Crippen LogP contribution in [0.2, 0.25) is 0 Å². The van der Waals surface area contributed by atoms with E-state index < -0.39 is 10.0 Å². The summed E-state index contributed by atoms with van der Waals surface area (Å²) in [5, 5.41) is 1.15. The number of amides is 1. The molecule has 9 nitrogen and oxygen atoms in total.